The van der Waals surface area contributed by atoms with Gasteiger partial charge >= 0.3 is 0 Å². The molecule has 4 aromatic carbocycles. The number of nitrogens with zero attached hydrogens (tertiary/aromatic N) is 9. The van der Waals surface area contributed by atoms with Crippen molar-refractivity contribution in [2.24, 2.45) is 0 Å². The van der Waals surface area contributed by atoms with Crippen molar-refractivity contribution in [3.05, 3.63) is 140 Å². The first-order valence-electron chi connectivity index (χ1n) is 16.5. The van der Waals surface area contributed by atoms with E-state index in [1.165, 1.54) is 6.33 Å². The molecule has 0 amide bonds. The van der Waals surface area contributed by atoms with Crippen molar-refractivity contribution in [2.45, 2.75) is 0 Å². The van der Waals surface area contributed by atoms with Crippen LogP contribution in [-0.2, 0) is 0 Å². The quantitative estimate of drug-likeness (QED) is 0.184. The number of aromatic nitrogens is 9. The molecule has 0 aliphatic carbocycles. The molecule has 0 saturated carbocycles. The summed E-state index contributed by atoms with van der Waals surface area (Å²) >= 11 is 0. The number of benzene rings is 4. The maximum Gasteiger partial charge on any atom is 0.187 e. The van der Waals surface area contributed by atoms with Gasteiger partial charge in [0.1, 0.15) is 29.2 Å². The first kappa shape index (κ1) is 27.6. The Balaban J connectivity index is 1.07. The minimum Gasteiger partial charge on any atom is -0.453 e. The first-order valence-corrected chi connectivity index (χ1v) is 16.5. The summed E-state index contributed by atoms with van der Waals surface area (Å²) in [6, 6.07) is 41.0. The Kier molecular flexibility index (Phi) is 5.73. The zero-order chi connectivity index (χ0) is 33.5. The molecule has 0 saturated heterocycles. The fraction of sp³-hybridized carbons (Fsp3) is 0. The van der Waals surface area contributed by atoms with Gasteiger partial charge in [-0.25, -0.2) is 24.9 Å². The lowest BCUT2D eigenvalue weighted by atomic mass is 10.1. The SMILES string of the molecule is c1ccc(-n2c3cc(-c4ccc5oc6ccc(-c7ccc8c9ncnnc9n(-c9ccccc9)c8c7)nc6c5n4)ccc3c3ncncc32)cc1. The van der Waals surface area contributed by atoms with Gasteiger partial charge in [0.05, 0.1) is 39.7 Å². The maximum absolute atomic E-state index is 6.24. The highest BCUT2D eigenvalue weighted by Crippen LogP contribution is 2.36. The highest BCUT2D eigenvalue weighted by atomic mass is 16.3. The van der Waals surface area contributed by atoms with E-state index in [1.54, 1.807) is 6.33 Å². The number of fused-ring (bicyclic) bond motifs is 9. The van der Waals surface area contributed by atoms with Gasteiger partial charge in [-0.2, -0.15) is 0 Å². The first-order chi connectivity index (χ1) is 25.3. The number of para-hydroxylation sites is 2. The molecule has 51 heavy (non-hydrogen) atoms. The van der Waals surface area contributed by atoms with E-state index in [1.807, 2.05) is 66.9 Å². The Labute approximate surface area is 288 Å². The molecule has 0 aliphatic heterocycles. The van der Waals surface area contributed by atoms with Crippen molar-refractivity contribution >= 4 is 66.2 Å². The third-order valence-electron chi connectivity index (χ3n) is 9.52. The Hall–Kier alpha value is -7.33. The third kappa shape index (κ3) is 4.13. The van der Waals surface area contributed by atoms with Crippen molar-refractivity contribution < 1.29 is 4.42 Å². The molecule has 0 spiro atoms. The van der Waals surface area contributed by atoms with E-state index < -0.39 is 0 Å². The lowest BCUT2D eigenvalue weighted by Gasteiger charge is -2.08. The van der Waals surface area contributed by atoms with Crippen molar-refractivity contribution in [3.8, 4) is 33.9 Å². The third-order valence-corrected chi connectivity index (χ3v) is 9.52. The molecule has 0 aliphatic rings. The van der Waals surface area contributed by atoms with Crippen LogP contribution in [0.2, 0.25) is 0 Å². The van der Waals surface area contributed by atoms with Gasteiger partial charge in [-0.3, -0.25) is 4.57 Å². The van der Waals surface area contributed by atoms with E-state index in [9.17, 15) is 0 Å². The molecule has 0 bridgehead atoms. The average molecular weight is 658 g/mol. The second-order valence-corrected chi connectivity index (χ2v) is 12.4. The lowest BCUT2D eigenvalue weighted by Crippen LogP contribution is -1.96. The second kappa shape index (κ2) is 10.6. The van der Waals surface area contributed by atoms with E-state index in [2.05, 4.69) is 94.9 Å². The van der Waals surface area contributed by atoms with Gasteiger partial charge in [0, 0.05) is 33.3 Å². The van der Waals surface area contributed by atoms with E-state index >= 15 is 0 Å². The lowest BCUT2D eigenvalue weighted by molar-refractivity contribution is 0.667. The summed E-state index contributed by atoms with van der Waals surface area (Å²) in [5, 5.41) is 10.6. The smallest absolute Gasteiger partial charge is 0.187 e. The van der Waals surface area contributed by atoms with Crippen molar-refractivity contribution in [1.29, 1.82) is 0 Å². The normalized spacial score (nSPS) is 11.9. The van der Waals surface area contributed by atoms with Gasteiger partial charge < -0.3 is 8.98 Å². The van der Waals surface area contributed by atoms with Gasteiger partial charge in [0.2, 0.25) is 0 Å². The van der Waals surface area contributed by atoms with Gasteiger partial charge in [0.15, 0.2) is 16.8 Å². The van der Waals surface area contributed by atoms with Crippen molar-refractivity contribution in [3.63, 3.8) is 0 Å². The summed E-state index contributed by atoms with van der Waals surface area (Å²) < 4.78 is 10.5. The van der Waals surface area contributed by atoms with Crippen LogP contribution >= 0.6 is 0 Å². The van der Waals surface area contributed by atoms with Crippen LogP contribution in [0.5, 0.6) is 0 Å². The molecule has 11 aromatic rings. The molecule has 7 heterocycles. The van der Waals surface area contributed by atoms with E-state index in [-0.39, 0.29) is 0 Å². The fourth-order valence-corrected chi connectivity index (χ4v) is 7.23. The molecule has 10 nitrogen and oxygen atoms in total. The summed E-state index contributed by atoms with van der Waals surface area (Å²) in [6.07, 6.45) is 4.95. The van der Waals surface area contributed by atoms with Crippen LogP contribution in [0.25, 0.3) is 100 Å². The van der Waals surface area contributed by atoms with E-state index in [4.69, 9.17) is 14.4 Å². The molecule has 7 aromatic heterocycles. The van der Waals surface area contributed by atoms with Crippen LogP contribution in [0.1, 0.15) is 0 Å². The highest BCUT2D eigenvalue weighted by Gasteiger charge is 2.19. The van der Waals surface area contributed by atoms with Crippen LogP contribution in [0.4, 0.5) is 0 Å². The molecular formula is C41H23N9O. The number of hydrogen-bond donors (Lipinski definition) is 0. The van der Waals surface area contributed by atoms with Gasteiger partial charge in [-0.05, 0) is 72.8 Å². The Morgan fingerprint density at radius 3 is 1.75 bits per heavy atom. The molecule has 0 atom stereocenters. The number of rotatable bonds is 4. The Morgan fingerprint density at radius 1 is 0.490 bits per heavy atom. The topological polar surface area (TPSA) is 113 Å². The van der Waals surface area contributed by atoms with Crippen LogP contribution in [-0.4, -0.2) is 44.3 Å². The summed E-state index contributed by atoms with van der Waals surface area (Å²) in [4.78, 5) is 23.8. The van der Waals surface area contributed by atoms with E-state index in [0.717, 1.165) is 72.2 Å². The summed E-state index contributed by atoms with van der Waals surface area (Å²) in [5.74, 6) is 0. The molecule has 0 radical (unpaired) electrons. The summed E-state index contributed by atoms with van der Waals surface area (Å²) in [5.41, 5.74) is 13.7. The molecule has 0 N–H and O–H groups in total. The summed E-state index contributed by atoms with van der Waals surface area (Å²) in [7, 11) is 0. The van der Waals surface area contributed by atoms with Crippen LogP contribution < -0.4 is 0 Å². The molecule has 238 valence electrons. The zero-order valence-electron chi connectivity index (χ0n) is 26.7. The Morgan fingerprint density at radius 2 is 1.08 bits per heavy atom. The van der Waals surface area contributed by atoms with Crippen molar-refractivity contribution in [2.75, 3.05) is 0 Å². The molecule has 0 unspecified atom stereocenters. The standard InChI is InChI=1S/C41H23N9O/c1-3-7-26(8-4-1)49-32-19-24(11-13-28(32)37-34(49)21-42-22-43-37)30-15-17-35-39(46-30)40-36(51-35)18-16-31(47-40)25-12-14-29-33(20-25)50(27-9-5-2-6-10-27)41-38(29)44-23-45-48-41/h1-23H. The number of furan rings is 1. The molecule has 10 heteroatoms. The largest absolute Gasteiger partial charge is 0.453 e. The van der Waals surface area contributed by atoms with Crippen LogP contribution in [0, 0.1) is 0 Å². The summed E-state index contributed by atoms with van der Waals surface area (Å²) in [6.45, 7) is 0. The second-order valence-electron chi connectivity index (χ2n) is 12.4. The average Bonchev–Trinajstić information content (AvgIpc) is 3.85. The minimum absolute atomic E-state index is 0.676. The van der Waals surface area contributed by atoms with Gasteiger partial charge in [0.25, 0.3) is 0 Å². The zero-order valence-corrected chi connectivity index (χ0v) is 26.7. The van der Waals surface area contributed by atoms with Gasteiger partial charge in [-0.1, -0.05) is 48.5 Å². The molecular weight excluding hydrogens is 635 g/mol. The maximum atomic E-state index is 6.24. The van der Waals surface area contributed by atoms with Gasteiger partial charge in [-0.15, -0.1) is 10.2 Å². The van der Waals surface area contributed by atoms with Crippen LogP contribution in [0.15, 0.2) is 145 Å². The van der Waals surface area contributed by atoms with Crippen molar-refractivity contribution in [1.82, 2.24) is 44.3 Å². The number of hydrogen-bond acceptors (Lipinski definition) is 8. The van der Waals surface area contributed by atoms with E-state index in [0.29, 0.717) is 27.8 Å². The fourth-order valence-electron chi connectivity index (χ4n) is 7.23. The highest BCUT2D eigenvalue weighted by molar-refractivity contribution is 6.09. The monoisotopic (exact) mass is 657 g/mol. The molecule has 11 rings (SSSR count). The number of pyridine rings is 2. The Bertz CT molecular complexity index is 2940. The van der Waals surface area contributed by atoms with Crippen LogP contribution in [0.3, 0.4) is 0 Å². The minimum atomic E-state index is 0.676. The molecule has 0 fully saturated rings. The predicted molar refractivity (Wildman–Crippen MR) is 198 cm³/mol. The predicted octanol–water partition coefficient (Wildman–Crippen LogP) is 8.88.